The molecule has 0 heterocycles. The number of aliphatic hydroxyl groups excluding tert-OH is 1. The van der Waals surface area contributed by atoms with Gasteiger partial charge in [0, 0.05) is 13.1 Å². The predicted molar refractivity (Wildman–Crippen MR) is 57.9 cm³/mol. The first-order valence-electron chi connectivity index (χ1n) is 5.54. The van der Waals surface area contributed by atoms with Gasteiger partial charge < -0.3 is 10.0 Å². The second-order valence-corrected chi connectivity index (χ2v) is 3.88. The molecule has 0 aromatic heterocycles. The SMILES string of the molecule is CCC(CC)CN(CC)CC(C)O. The minimum atomic E-state index is -0.200. The third-order valence-electron chi connectivity index (χ3n) is 2.64. The van der Waals surface area contributed by atoms with Crippen molar-refractivity contribution in [2.75, 3.05) is 19.6 Å². The molecule has 0 aromatic rings. The van der Waals surface area contributed by atoms with E-state index in [1.165, 1.54) is 12.8 Å². The molecule has 0 saturated heterocycles. The number of likely N-dealkylation sites (N-methyl/N-ethyl adjacent to an activating group) is 1. The van der Waals surface area contributed by atoms with Gasteiger partial charge in [-0.1, -0.05) is 33.6 Å². The van der Waals surface area contributed by atoms with Crippen molar-refractivity contribution < 1.29 is 5.11 Å². The largest absolute Gasteiger partial charge is 0.392 e. The Balaban J connectivity index is 3.80. The summed E-state index contributed by atoms with van der Waals surface area (Å²) in [5, 5.41) is 9.27. The first-order valence-corrected chi connectivity index (χ1v) is 5.54. The normalized spacial score (nSPS) is 14.1. The predicted octanol–water partition coefficient (Wildman–Crippen LogP) is 2.13. The van der Waals surface area contributed by atoms with E-state index in [0.717, 1.165) is 25.6 Å². The fraction of sp³-hybridized carbons (Fsp3) is 1.00. The minimum absolute atomic E-state index is 0.200. The van der Waals surface area contributed by atoms with Crippen LogP contribution in [-0.2, 0) is 0 Å². The lowest BCUT2D eigenvalue weighted by atomic mass is 10.0. The Bertz CT molecular complexity index is 111. The van der Waals surface area contributed by atoms with Crippen molar-refractivity contribution in [3.8, 4) is 0 Å². The summed E-state index contributed by atoms with van der Waals surface area (Å²) in [5.41, 5.74) is 0. The Hall–Kier alpha value is -0.0800. The highest BCUT2D eigenvalue weighted by Crippen LogP contribution is 2.09. The molecule has 0 amide bonds. The van der Waals surface area contributed by atoms with Crippen LogP contribution in [0.1, 0.15) is 40.5 Å². The monoisotopic (exact) mass is 187 g/mol. The standard InChI is InChI=1S/C11H25NO/c1-5-11(6-2)9-12(7-3)8-10(4)13/h10-11,13H,5-9H2,1-4H3. The van der Waals surface area contributed by atoms with Crippen LogP contribution in [0.2, 0.25) is 0 Å². The van der Waals surface area contributed by atoms with Crippen LogP contribution < -0.4 is 0 Å². The number of aliphatic hydroxyl groups is 1. The maximum Gasteiger partial charge on any atom is 0.0639 e. The van der Waals surface area contributed by atoms with Gasteiger partial charge in [-0.2, -0.15) is 0 Å². The van der Waals surface area contributed by atoms with Gasteiger partial charge >= 0.3 is 0 Å². The third kappa shape index (κ3) is 6.05. The lowest BCUT2D eigenvalue weighted by molar-refractivity contribution is 0.117. The first kappa shape index (κ1) is 12.9. The highest BCUT2D eigenvalue weighted by Gasteiger charge is 2.11. The second-order valence-electron chi connectivity index (χ2n) is 3.88. The van der Waals surface area contributed by atoms with Crippen molar-refractivity contribution in [3.63, 3.8) is 0 Å². The van der Waals surface area contributed by atoms with E-state index in [0.29, 0.717) is 0 Å². The van der Waals surface area contributed by atoms with E-state index in [9.17, 15) is 5.11 Å². The Morgan fingerprint density at radius 1 is 1.08 bits per heavy atom. The molecule has 0 aliphatic heterocycles. The van der Waals surface area contributed by atoms with E-state index < -0.39 is 0 Å². The molecular weight excluding hydrogens is 162 g/mol. The van der Waals surface area contributed by atoms with E-state index in [-0.39, 0.29) is 6.10 Å². The van der Waals surface area contributed by atoms with Gasteiger partial charge in [-0.3, -0.25) is 0 Å². The lowest BCUT2D eigenvalue weighted by Crippen LogP contribution is -2.34. The number of hydrogen-bond donors (Lipinski definition) is 1. The zero-order valence-corrected chi connectivity index (χ0v) is 9.58. The van der Waals surface area contributed by atoms with Gasteiger partial charge in [-0.05, 0) is 19.4 Å². The Kier molecular flexibility index (Phi) is 7.29. The summed E-state index contributed by atoms with van der Waals surface area (Å²) >= 11 is 0. The van der Waals surface area contributed by atoms with E-state index >= 15 is 0 Å². The Labute approximate surface area is 82.9 Å². The van der Waals surface area contributed by atoms with Crippen LogP contribution in [0.15, 0.2) is 0 Å². The summed E-state index contributed by atoms with van der Waals surface area (Å²) in [6, 6.07) is 0. The molecular formula is C11H25NO. The van der Waals surface area contributed by atoms with Crippen LogP contribution >= 0.6 is 0 Å². The van der Waals surface area contributed by atoms with E-state index in [1.54, 1.807) is 0 Å². The number of nitrogens with zero attached hydrogens (tertiary/aromatic N) is 1. The zero-order valence-electron chi connectivity index (χ0n) is 9.58. The molecule has 0 aliphatic carbocycles. The smallest absolute Gasteiger partial charge is 0.0639 e. The van der Waals surface area contributed by atoms with E-state index in [1.807, 2.05) is 6.92 Å². The molecule has 0 fully saturated rings. The van der Waals surface area contributed by atoms with Crippen LogP contribution in [0.5, 0.6) is 0 Å². The summed E-state index contributed by atoms with van der Waals surface area (Å²) in [6.45, 7) is 11.5. The van der Waals surface area contributed by atoms with Gasteiger partial charge in [0.15, 0.2) is 0 Å². The maximum absolute atomic E-state index is 9.27. The second kappa shape index (κ2) is 7.34. The van der Waals surface area contributed by atoms with Crippen molar-refractivity contribution in [1.82, 2.24) is 4.90 Å². The van der Waals surface area contributed by atoms with Crippen molar-refractivity contribution >= 4 is 0 Å². The molecule has 80 valence electrons. The topological polar surface area (TPSA) is 23.5 Å². The van der Waals surface area contributed by atoms with Crippen molar-refractivity contribution in [2.24, 2.45) is 5.92 Å². The van der Waals surface area contributed by atoms with Gasteiger partial charge in [0.05, 0.1) is 6.10 Å². The van der Waals surface area contributed by atoms with E-state index in [2.05, 4.69) is 25.7 Å². The average Bonchev–Trinajstić information content (AvgIpc) is 2.11. The first-order chi connectivity index (χ1) is 6.13. The van der Waals surface area contributed by atoms with Gasteiger partial charge in [0.1, 0.15) is 0 Å². The molecule has 0 bridgehead atoms. The van der Waals surface area contributed by atoms with Crippen molar-refractivity contribution in [3.05, 3.63) is 0 Å². The number of hydrogen-bond acceptors (Lipinski definition) is 2. The molecule has 2 heteroatoms. The van der Waals surface area contributed by atoms with Gasteiger partial charge in [0.25, 0.3) is 0 Å². The fourth-order valence-electron chi connectivity index (χ4n) is 1.62. The van der Waals surface area contributed by atoms with Crippen LogP contribution in [0.3, 0.4) is 0 Å². The molecule has 0 spiro atoms. The molecule has 0 rings (SSSR count). The average molecular weight is 187 g/mol. The molecule has 1 unspecified atom stereocenters. The molecule has 0 aliphatic rings. The summed E-state index contributed by atoms with van der Waals surface area (Å²) in [7, 11) is 0. The fourth-order valence-corrected chi connectivity index (χ4v) is 1.62. The molecule has 0 saturated carbocycles. The minimum Gasteiger partial charge on any atom is -0.392 e. The van der Waals surface area contributed by atoms with Crippen LogP contribution in [0.25, 0.3) is 0 Å². The third-order valence-corrected chi connectivity index (χ3v) is 2.64. The summed E-state index contributed by atoms with van der Waals surface area (Å²) in [5.74, 6) is 0.790. The summed E-state index contributed by atoms with van der Waals surface area (Å²) < 4.78 is 0. The number of rotatable bonds is 7. The zero-order chi connectivity index (χ0) is 10.3. The van der Waals surface area contributed by atoms with Crippen LogP contribution in [-0.4, -0.2) is 35.7 Å². The summed E-state index contributed by atoms with van der Waals surface area (Å²) in [4.78, 5) is 2.34. The Morgan fingerprint density at radius 3 is 1.92 bits per heavy atom. The summed E-state index contributed by atoms with van der Waals surface area (Å²) in [6.07, 6.45) is 2.29. The van der Waals surface area contributed by atoms with Crippen LogP contribution in [0.4, 0.5) is 0 Å². The molecule has 2 nitrogen and oxygen atoms in total. The van der Waals surface area contributed by atoms with Gasteiger partial charge in [0.2, 0.25) is 0 Å². The molecule has 1 atom stereocenters. The van der Waals surface area contributed by atoms with E-state index in [4.69, 9.17) is 0 Å². The molecule has 0 radical (unpaired) electrons. The lowest BCUT2D eigenvalue weighted by Gasteiger charge is -2.26. The maximum atomic E-state index is 9.27. The van der Waals surface area contributed by atoms with Crippen molar-refractivity contribution in [2.45, 2.75) is 46.6 Å². The van der Waals surface area contributed by atoms with Crippen LogP contribution in [0, 0.1) is 5.92 Å². The van der Waals surface area contributed by atoms with Gasteiger partial charge in [-0.15, -0.1) is 0 Å². The molecule has 13 heavy (non-hydrogen) atoms. The molecule has 0 aromatic carbocycles. The Morgan fingerprint density at radius 2 is 1.62 bits per heavy atom. The highest BCUT2D eigenvalue weighted by molar-refractivity contribution is 4.65. The van der Waals surface area contributed by atoms with Crippen molar-refractivity contribution in [1.29, 1.82) is 0 Å². The molecule has 1 N–H and O–H groups in total. The highest BCUT2D eigenvalue weighted by atomic mass is 16.3. The quantitative estimate of drug-likeness (QED) is 0.660. The van der Waals surface area contributed by atoms with Gasteiger partial charge in [-0.25, -0.2) is 0 Å².